The fourth-order valence-electron chi connectivity index (χ4n) is 4.83. The summed E-state index contributed by atoms with van der Waals surface area (Å²) in [4.78, 5) is 14.7. The number of halogens is 1. The second-order valence-corrected chi connectivity index (χ2v) is 9.02. The van der Waals surface area contributed by atoms with Gasteiger partial charge in [0.15, 0.2) is 0 Å². The van der Waals surface area contributed by atoms with Crippen molar-refractivity contribution in [2.75, 3.05) is 13.1 Å². The average molecular weight is 432 g/mol. The third kappa shape index (κ3) is 6.05. The van der Waals surface area contributed by atoms with Gasteiger partial charge in [-0.3, -0.25) is 9.69 Å². The molecule has 0 radical (unpaired) electrons. The highest BCUT2D eigenvalue weighted by Gasteiger charge is 2.23. The molecule has 1 saturated carbocycles. The van der Waals surface area contributed by atoms with Gasteiger partial charge in [-0.15, -0.1) is 0 Å². The van der Waals surface area contributed by atoms with Gasteiger partial charge in [-0.2, -0.15) is 5.26 Å². The maximum absolute atomic E-state index is 13.0. The summed E-state index contributed by atoms with van der Waals surface area (Å²) < 4.78 is 13.0. The lowest BCUT2D eigenvalue weighted by atomic mass is 9.84. The highest BCUT2D eigenvalue weighted by molar-refractivity contribution is 5.91. The maximum atomic E-state index is 13.0. The van der Waals surface area contributed by atoms with Crippen LogP contribution in [-0.2, 0) is 17.8 Å². The van der Waals surface area contributed by atoms with Crippen LogP contribution in [0.5, 0.6) is 0 Å². The van der Waals surface area contributed by atoms with E-state index in [4.69, 9.17) is 5.26 Å². The first-order valence-electron chi connectivity index (χ1n) is 11.6. The molecule has 1 amide bonds. The van der Waals surface area contributed by atoms with Crippen molar-refractivity contribution >= 4 is 12.0 Å². The molecule has 0 unspecified atom stereocenters. The Morgan fingerprint density at radius 2 is 1.91 bits per heavy atom. The van der Waals surface area contributed by atoms with Gasteiger partial charge in [-0.25, -0.2) is 4.39 Å². The fraction of sp³-hybridized carbons (Fsp3) is 0.407. The predicted molar refractivity (Wildman–Crippen MR) is 124 cm³/mol. The van der Waals surface area contributed by atoms with Crippen LogP contribution in [0, 0.1) is 23.1 Å². The summed E-state index contributed by atoms with van der Waals surface area (Å²) in [6, 6.07) is 14.7. The number of benzene rings is 2. The second-order valence-electron chi connectivity index (χ2n) is 9.02. The standard InChI is InChI=1S/C27H30FN3O/c28-25-8-2-20(3-9-25)6-12-27(32)30-26-10-4-21(5-11-26)13-15-31-16-14-23-17-22(18-29)1-7-24(23)19-31/h1-3,6-9,12,17,21,26H,4-5,10-11,13-16,19H2,(H,30,32)/b12-6+. The highest BCUT2D eigenvalue weighted by atomic mass is 19.1. The molecule has 4 rings (SSSR count). The Bertz CT molecular complexity index is 1000. The molecule has 1 N–H and O–H groups in total. The van der Waals surface area contributed by atoms with Crippen LogP contribution < -0.4 is 5.32 Å². The third-order valence-corrected chi connectivity index (χ3v) is 6.77. The number of amides is 1. The van der Waals surface area contributed by atoms with Crippen LogP contribution >= 0.6 is 0 Å². The van der Waals surface area contributed by atoms with Crippen LogP contribution in [-0.4, -0.2) is 29.9 Å². The Balaban J connectivity index is 1.16. The predicted octanol–water partition coefficient (Wildman–Crippen LogP) is 4.83. The first kappa shape index (κ1) is 22.2. The Morgan fingerprint density at radius 3 is 2.66 bits per heavy atom. The molecular formula is C27H30FN3O. The molecule has 2 aliphatic rings. The Hall–Kier alpha value is -2.97. The average Bonchev–Trinajstić information content (AvgIpc) is 2.83. The molecule has 0 saturated heterocycles. The molecule has 1 fully saturated rings. The summed E-state index contributed by atoms with van der Waals surface area (Å²) in [6.07, 6.45) is 9.85. The monoisotopic (exact) mass is 431 g/mol. The number of hydrogen-bond donors (Lipinski definition) is 1. The van der Waals surface area contributed by atoms with E-state index < -0.39 is 0 Å². The first-order chi connectivity index (χ1) is 15.6. The van der Waals surface area contributed by atoms with Crippen molar-refractivity contribution in [3.8, 4) is 6.07 Å². The molecule has 2 aromatic carbocycles. The van der Waals surface area contributed by atoms with E-state index in [9.17, 15) is 9.18 Å². The van der Waals surface area contributed by atoms with E-state index >= 15 is 0 Å². The van der Waals surface area contributed by atoms with Gasteiger partial charge < -0.3 is 5.32 Å². The zero-order valence-corrected chi connectivity index (χ0v) is 18.4. The number of carbonyl (C=O) groups is 1. The lowest BCUT2D eigenvalue weighted by molar-refractivity contribution is -0.117. The van der Waals surface area contributed by atoms with E-state index in [0.29, 0.717) is 0 Å². The van der Waals surface area contributed by atoms with Crippen molar-refractivity contribution in [2.24, 2.45) is 5.92 Å². The number of rotatable bonds is 6. The van der Waals surface area contributed by atoms with Crippen LogP contribution in [0.25, 0.3) is 6.08 Å². The van der Waals surface area contributed by atoms with Crippen LogP contribution in [0.3, 0.4) is 0 Å². The van der Waals surface area contributed by atoms with E-state index in [1.165, 1.54) is 35.8 Å². The minimum Gasteiger partial charge on any atom is -0.350 e. The van der Waals surface area contributed by atoms with Gasteiger partial charge in [-0.1, -0.05) is 18.2 Å². The Morgan fingerprint density at radius 1 is 1.12 bits per heavy atom. The van der Waals surface area contributed by atoms with Crippen LogP contribution in [0.2, 0.25) is 0 Å². The molecule has 2 aromatic rings. The quantitative estimate of drug-likeness (QED) is 0.667. The molecule has 32 heavy (non-hydrogen) atoms. The summed E-state index contributed by atoms with van der Waals surface area (Å²) in [5.41, 5.74) is 4.25. The van der Waals surface area contributed by atoms with E-state index in [0.717, 1.165) is 68.8 Å². The molecule has 1 aliphatic carbocycles. The molecule has 0 aromatic heterocycles. The summed E-state index contributed by atoms with van der Waals surface area (Å²) in [6.45, 7) is 3.15. The van der Waals surface area contributed by atoms with Gasteiger partial charge in [0.05, 0.1) is 11.6 Å². The molecule has 166 valence electrons. The molecule has 1 heterocycles. The number of nitrogens with one attached hydrogen (secondary N) is 1. The van der Waals surface area contributed by atoms with Crippen LogP contribution in [0.15, 0.2) is 48.5 Å². The van der Waals surface area contributed by atoms with Gasteiger partial charge in [0.2, 0.25) is 5.91 Å². The van der Waals surface area contributed by atoms with Crippen molar-refractivity contribution in [1.82, 2.24) is 10.2 Å². The number of carbonyl (C=O) groups excluding carboxylic acids is 1. The Kier molecular flexibility index (Phi) is 7.34. The van der Waals surface area contributed by atoms with Gasteiger partial charge in [-0.05, 0) is 98.0 Å². The highest BCUT2D eigenvalue weighted by Crippen LogP contribution is 2.28. The Labute approximate surface area is 189 Å². The summed E-state index contributed by atoms with van der Waals surface area (Å²) in [5, 5.41) is 12.2. The van der Waals surface area contributed by atoms with E-state index in [1.54, 1.807) is 18.2 Å². The lowest BCUT2D eigenvalue weighted by Crippen LogP contribution is -2.37. The SMILES string of the molecule is N#Cc1ccc2c(c1)CCN(CCC1CCC(NC(=O)/C=C/c3ccc(F)cc3)CC1)C2. The number of nitrogens with zero attached hydrogens (tertiary/aromatic N) is 2. The molecular weight excluding hydrogens is 401 g/mol. The van der Waals surface area contributed by atoms with E-state index in [-0.39, 0.29) is 17.8 Å². The molecule has 0 atom stereocenters. The van der Waals surface area contributed by atoms with Gasteiger partial charge >= 0.3 is 0 Å². The topological polar surface area (TPSA) is 56.1 Å². The van der Waals surface area contributed by atoms with Crippen molar-refractivity contribution < 1.29 is 9.18 Å². The maximum Gasteiger partial charge on any atom is 0.244 e. The van der Waals surface area contributed by atoms with Gasteiger partial charge in [0, 0.05) is 25.2 Å². The van der Waals surface area contributed by atoms with E-state index in [1.807, 2.05) is 12.1 Å². The molecule has 5 heteroatoms. The van der Waals surface area contributed by atoms with Crippen LogP contribution in [0.1, 0.15) is 54.4 Å². The zero-order chi connectivity index (χ0) is 22.3. The largest absolute Gasteiger partial charge is 0.350 e. The zero-order valence-electron chi connectivity index (χ0n) is 18.4. The molecule has 0 spiro atoms. The fourth-order valence-corrected chi connectivity index (χ4v) is 4.83. The summed E-state index contributed by atoms with van der Waals surface area (Å²) in [7, 11) is 0. The number of fused-ring (bicyclic) bond motifs is 1. The molecule has 0 bridgehead atoms. The smallest absolute Gasteiger partial charge is 0.244 e. The summed E-state index contributed by atoms with van der Waals surface area (Å²) in [5.74, 6) is 0.368. The lowest BCUT2D eigenvalue weighted by Gasteiger charge is -2.33. The van der Waals surface area contributed by atoms with Crippen molar-refractivity contribution in [2.45, 2.75) is 51.1 Å². The van der Waals surface area contributed by atoms with Crippen LogP contribution in [0.4, 0.5) is 4.39 Å². The van der Waals surface area contributed by atoms with Crippen molar-refractivity contribution in [1.29, 1.82) is 5.26 Å². The second kappa shape index (κ2) is 10.6. The van der Waals surface area contributed by atoms with Crippen molar-refractivity contribution in [3.63, 3.8) is 0 Å². The molecule has 4 nitrogen and oxygen atoms in total. The summed E-state index contributed by atoms with van der Waals surface area (Å²) >= 11 is 0. The third-order valence-electron chi connectivity index (χ3n) is 6.77. The normalized spacial score (nSPS) is 21.1. The number of hydrogen-bond acceptors (Lipinski definition) is 3. The van der Waals surface area contributed by atoms with Gasteiger partial charge in [0.25, 0.3) is 0 Å². The first-order valence-corrected chi connectivity index (χ1v) is 11.6. The van der Waals surface area contributed by atoms with Gasteiger partial charge in [0.1, 0.15) is 5.82 Å². The number of nitriles is 1. The minimum absolute atomic E-state index is 0.0793. The molecule has 1 aliphatic heterocycles. The van der Waals surface area contributed by atoms with Crippen molar-refractivity contribution in [3.05, 3.63) is 76.6 Å². The van der Waals surface area contributed by atoms with E-state index in [2.05, 4.69) is 22.4 Å². The minimum atomic E-state index is -0.275.